The molecule has 3 aromatic heterocycles. The van der Waals surface area contributed by atoms with Gasteiger partial charge in [-0.05, 0) is 152 Å². The number of hydrogen-bond donors (Lipinski definition) is 0. The molecule has 0 N–H and O–H groups in total. The summed E-state index contributed by atoms with van der Waals surface area (Å²) in [6.07, 6.45) is 0.266. The van der Waals surface area contributed by atoms with Gasteiger partial charge >= 0.3 is 0 Å². The van der Waals surface area contributed by atoms with Crippen LogP contribution in [0.5, 0.6) is 0 Å². The number of pyridine rings is 1. The molecule has 0 saturated carbocycles. The van der Waals surface area contributed by atoms with E-state index in [1.807, 2.05) is 19.2 Å². The zero-order chi connectivity index (χ0) is 40.8. The van der Waals surface area contributed by atoms with Crippen molar-refractivity contribution in [3.05, 3.63) is 148 Å². The van der Waals surface area contributed by atoms with Crippen LogP contribution in [-0.4, -0.2) is 24.7 Å². The molecular weight excluding hydrogens is 701 g/mol. The van der Waals surface area contributed by atoms with Crippen molar-refractivity contribution in [2.75, 3.05) is 0 Å². The van der Waals surface area contributed by atoms with Crippen molar-refractivity contribution in [2.45, 2.75) is 97.2 Å². The molecule has 56 heavy (non-hydrogen) atoms. The van der Waals surface area contributed by atoms with E-state index in [4.69, 9.17) is 9.98 Å². The SMILES string of the molecule is [2H]C1([2H])c2c(ccc(C)c2C)[C@]2(C)SC(c3cc(C(C)C)cc(-n4c5ccc(C)cc5c5ccc(-n6c7ccc(C(C)(C)C)cc7c7cccnc76)cc54)c3)=N[C@]12C. The predicted molar refractivity (Wildman–Crippen MR) is 240 cm³/mol. The van der Waals surface area contributed by atoms with Crippen molar-refractivity contribution in [1.82, 2.24) is 14.1 Å². The first-order valence-electron chi connectivity index (χ1n) is 20.9. The van der Waals surface area contributed by atoms with Gasteiger partial charge in [0.1, 0.15) is 5.65 Å². The van der Waals surface area contributed by atoms with Gasteiger partial charge < -0.3 is 4.57 Å². The lowest BCUT2D eigenvalue weighted by Crippen LogP contribution is -2.36. The van der Waals surface area contributed by atoms with Gasteiger partial charge in [-0.25, -0.2) is 4.98 Å². The summed E-state index contributed by atoms with van der Waals surface area (Å²) in [6, 6.07) is 35.9. The highest BCUT2D eigenvalue weighted by Gasteiger charge is 2.57. The summed E-state index contributed by atoms with van der Waals surface area (Å²) in [6.45, 7) is 21.8. The fraction of sp³-hybridized carbons (Fsp3) is 0.294. The maximum Gasteiger partial charge on any atom is 0.145 e. The molecule has 0 saturated heterocycles. The highest BCUT2D eigenvalue weighted by atomic mass is 32.2. The van der Waals surface area contributed by atoms with Crippen molar-refractivity contribution < 1.29 is 2.74 Å². The number of nitrogens with zero attached hydrogens (tertiary/aromatic N) is 4. The topological polar surface area (TPSA) is 35.1 Å². The second kappa shape index (κ2) is 11.9. The van der Waals surface area contributed by atoms with Crippen LogP contribution in [-0.2, 0) is 16.5 Å². The zero-order valence-electron chi connectivity index (χ0n) is 36.1. The Hall–Kier alpha value is -5.13. The summed E-state index contributed by atoms with van der Waals surface area (Å²) in [4.78, 5) is 10.4. The number of aliphatic imine (C=N–C) groups is 1. The highest BCUT2D eigenvalue weighted by molar-refractivity contribution is 8.15. The number of thioether (sulfide) groups is 1. The van der Waals surface area contributed by atoms with Crippen LogP contribution < -0.4 is 0 Å². The standard InChI is InChI=1S/C51H50N4S/c1-29(2)33-23-34(48-53-50(9)28-42-32(5)31(4)14-18-43(42)51(50,10)56-48)25-37(24-33)54-44-19-13-30(3)22-40(44)38-17-16-36(27-46(38)54)55-45-20-15-35(49(6,7)8)26-41(45)39-12-11-21-52-47(39)55/h11-27,29H,28H2,1-10H3/t50-,51+/m1/s1/i28D2. The maximum absolute atomic E-state index is 9.63. The summed E-state index contributed by atoms with van der Waals surface area (Å²) in [7, 11) is 0. The Bertz CT molecular complexity index is 3100. The van der Waals surface area contributed by atoms with Crippen LogP contribution in [0.4, 0.5) is 0 Å². The summed E-state index contributed by atoms with van der Waals surface area (Å²) >= 11 is 1.73. The smallest absolute Gasteiger partial charge is 0.145 e. The molecule has 0 fully saturated rings. The van der Waals surface area contributed by atoms with E-state index < -0.39 is 16.7 Å². The summed E-state index contributed by atoms with van der Waals surface area (Å²) in [5.74, 6) is 0.265. The van der Waals surface area contributed by atoms with Crippen molar-refractivity contribution in [1.29, 1.82) is 0 Å². The zero-order valence-corrected chi connectivity index (χ0v) is 34.9. The summed E-state index contributed by atoms with van der Waals surface area (Å²) < 4.78 is 23.4. The van der Waals surface area contributed by atoms with Crippen molar-refractivity contribution in [3.63, 3.8) is 0 Å². The van der Waals surface area contributed by atoms with Crippen molar-refractivity contribution >= 4 is 60.5 Å². The second-order valence-electron chi connectivity index (χ2n) is 17.9. The largest absolute Gasteiger partial charge is 0.309 e. The van der Waals surface area contributed by atoms with E-state index >= 15 is 0 Å². The molecule has 5 aromatic carbocycles. The van der Waals surface area contributed by atoms with Gasteiger partial charge in [0.05, 0.1) is 31.9 Å². The van der Waals surface area contributed by atoms with Gasteiger partial charge in [-0.3, -0.25) is 9.56 Å². The molecule has 2 atom stereocenters. The first-order valence-corrected chi connectivity index (χ1v) is 20.8. The lowest BCUT2D eigenvalue weighted by atomic mass is 9.86. The molecule has 0 unspecified atom stereocenters. The van der Waals surface area contributed by atoms with E-state index in [1.54, 1.807) is 11.8 Å². The Morgan fingerprint density at radius 1 is 0.750 bits per heavy atom. The molecule has 0 amide bonds. The average Bonchev–Trinajstić information content (AvgIpc) is 3.82. The molecule has 0 spiro atoms. The molecule has 10 rings (SSSR count). The first-order chi connectivity index (χ1) is 27.4. The highest BCUT2D eigenvalue weighted by Crippen LogP contribution is 2.60. The van der Waals surface area contributed by atoms with E-state index in [-0.39, 0.29) is 11.3 Å². The van der Waals surface area contributed by atoms with E-state index in [0.29, 0.717) is 0 Å². The Balaban J connectivity index is 1.20. The minimum Gasteiger partial charge on any atom is -0.309 e. The number of fused-ring (bicyclic) bond motifs is 9. The van der Waals surface area contributed by atoms with Crippen molar-refractivity contribution in [3.8, 4) is 11.4 Å². The van der Waals surface area contributed by atoms with Crippen LogP contribution in [0.25, 0.3) is 55.1 Å². The normalized spacial score (nSPS) is 20.9. The molecule has 280 valence electrons. The van der Waals surface area contributed by atoms with E-state index in [1.165, 1.54) is 32.8 Å². The molecule has 5 heteroatoms. The predicted octanol–water partition coefficient (Wildman–Crippen LogP) is 13.3. The lowest BCUT2D eigenvalue weighted by Gasteiger charge is -2.31. The minimum atomic E-state index is -1.63. The van der Waals surface area contributed by atoms with Gasteiger partial charge in [-0.1, -0.05) is 82.3 Å². The van der Waals surface area contributed by atoms with Crippen LogP contribution in [0, 0.1) is 20.8 Å². The molecule has 4 nitrogen and oxygen atoms in total. The van der Waals surface area contributed by atoms with E-state index in [0.717, 1.165) is 71.8 Å². The first kappa shape index (κ1) is 33.1. The van der Waals surface area contributed by atoms with E-state index in [2.05, 4.69) is 162 Å². The van der Waals surface area contributed by atoms with Crippen LogP contribution in [0.15, 0.2) is 108 Å². The summed E-state index contributed by atoms with van der Waals surface area (Å²) in [5.41, 5.74) is 14.3. The molecule has 8 aromatic rings. The Kier molecular flexibility index (Phi) is 7.05. The number of benzene rings is 5. The molecule has 2 aliphatic rings. The number of hydrogen-bond acceptors (Lipinski definition) is 3. The van der Waals surface area contributed by atoms with Gasteiger partial charge in [-0.2, -0.15) is 0 Å². The molecule has 1 aliphatic carbocycles. The monoisotopic (exact) mass is 752 g/mol. The third kappa shape index (κ3) is 4.99. The third-order valence-corrected chi connectivity index (χ3v) is 14.4. The molecule has 4 heterocycles. The minimum absolute atomic E-state index is 0.0250. The Morgan fingerprint density at radius 3 is 2.30 bits per heavy atom. The number of rotatable bonds is 4. The van der Waals surface area contributed by atoms with Gasteiger partial charge in [0.25, 0.3) is 0 Å². The quantitative estimate of drug-likeness (QED) is 0.179. The maximum atomic E-state index is 9.63. The lowest BCUT2D eigenvalue weighted by molar-refractivity contribution is 0.407. The third-order valence-electron chi connectivity index (χ3n) is 12.8. The number of aryl methyl sites for hydroxylation is 2. The van der Waals surface area contributed by atoms with Crippen LogP contribution in [0.2, 0.25) is 0 Å². The summed E-state index contributed by atoms with van der Waals surface area (Å²) in [5, 5.41) is 5.66. The van der Waals surface area contributed by atoms with Crippen LogP contribution in [0.1, 0.15) is 102 Å². The second-order valence-corrected chi connectivity index (χ2v) is 19.3. The van der Waals surface area contributed by atoms with Gasteiger partial charge in [0.2, 0.25) is 0 Å². The molecule has 0 radical (unpaired) electrons. The molecule has 0 bridgehead atoms. The van der Waals surface area contributed by atoms with Crippen LogP contribution >= 0.6 is 11.8 Å². The average molecular weight is 753 g/mol. The van der Waals surface area contributed by atoms with Crippen LogP contribution in [0.3, 0.4) is 0 Å². The van der Waals surface area contributed by atoms with Gasteiger partial charge in [0, 0.05) is 47.4 Å². The molecular formula is C51H50N4S. The fourth-order valence-corrected chi connectivity index (χ4v) is 10.6. The Morgan fingerprint density at radius 2 is 1.52 bits per heavy atom. The van der Waals surface area contributed by atoms with Gasteiger partial charge in [-0.15, -0.1) is 0 Å². The van der Waals surface area contributed by atoms with Gasteiger partial charge in [0.15, 0.2) is 0 Å². The Labute approximate surface area is 337 Å². The van der Waals surface area contributed by atoms with E-state index in [9.17, 15) is 2.74 Å². The number of aromatic nitrogens is 3. The van der Waals surface area contributed by atoms with Crippen molar-refractivity contribution in [2.24, 2.45) is 4.99 Å². The molecule has 1 aliphatic heterocycles. The fourth-order valence-electron chi connectivity index (χ4n) is 9.17.